The topological polar surface area (TPSA) is 34.1 Å². The number of thioether (sulfide) groups is 4. The number of hydrogen-bond acceptors (Lipinski definition) is 6. The van der Waals surface area contributed by atoms with Crippen molar-refractivity contribution in [3.63, 3.8) is 0 Å². The molecular weight excluding hydrogens is 581 g/mol. The molecule has 4 aromatic rings. The van der Waals surface area contributed by atoms with E-state index in [2.05, 4.69) is 92.0 Å². The molecule has 1 aliphatic rings. The third kappa shape index (κ3) is 6.81. The van der Waals surface area contributed by atoms with Crippen molar-refractivity contribution in [2.45, 2.75) is 28.0 Å². The van der Waals surface area contributed by atoms with Gasteiger partial charge in [0.05, 0.1) is 0 Å². The zero-order valence-corrected chi connectivity index (χ0v) is 26.0. The van der Waals surface area contributed by atoms with Crippen molar-refractivity contribution in [3.05, 3.63) is 132 Å². The van der Waals surface area contributed by atoms with E-state index in [0.717, 1.165) is 41.2 Å². The van der Waals surface area contributed by atoms with Crippen LogP contribution >= 0.6 is 47.0 Å². The van der Waals surface area contributed by atoms with E-state index in [9.17, 15) is 9.59 Å². The number of hydrogen-bond donors (Lipinski definition) is 0. The van der Waals surface area contributed by atoms with Crippen LogP contribution in [0.3, 0.4) is 0 Å². The Bertz CT molecular complexity index is 1490. The van der Waals surface area contributed by atoms with Crippen LogP contribution < -0.4 is 0 Å². The molecule has 41 heavy (non-hydrogen) atoms. The highest BCUT2D eigenvalue weighted by Gasteiger charge is 2.42. The molecule has 6 heteroatoms. The van der Waals surface area contributed by atoms with Crippen molar-refractivity contribution >= 4 is 68.1 Å². The number of fused-ring (bicyclic) bond motifs is 2. The summed E-state index contributed by atoms with van der Waals surface area (Å²) in [6.45, 7) is 7.09. The Labute approximate surface area is 259 Å². The Kier molecular flexibility index (Phi) is 10.1. The SMILES string of the molecule is C=CC(=O)SCCSc1ccc(C2(c3ccc(SCCSC(=O)C=C)cc3)CCc3cc4c#cccc4cc32)cc1. The first-order valence-corrected chi connectivity index (χ1v) is 17.4. The smallest absolute Gasteiger partial charge is 0.211 e. The highest BCUT2D eigenvalue weighted by Crippen LogP contribution is 2.50. The summed E-state index contributed by atoms with van der Waals surface area (Å²) in [5, 5.41) is 2.35. The van der Waals surface area contributed by atoms with Gasteiger partial charge in [0.25, 0.3) is 0 Å². The normalized spacial score (nSPS) is 13.4. The van der Waals surface area contributed by atoms with Gasteiger partial charge in [-0.15, -0.1) is 23.5 Å². The minimum Gasteiger partial charge on any atom is -0.282 e. The molecule has 0 spiro atoms. The molecule has 0 saturated heterocycles. The second-order valence-corrected chi connectivity index (χ2v) is 14.1. The minimum absolute atomic E-state index is 0.0249. The average molecular weight is 611 g/mol. The van der Waals surface area contributed by atoms with Crippen LogP contribution in [0.5, 0.6) is 0 Å². The van der Waals surface area contributed by atoms with Crippen molar-refractivity contribution in [2.24, 2.45) is 0 Å². The van der Waals surface area contributed by atoms with Crippen LogP contribution in [0, 0.1) is 12.1 Å². The van der Waals surface area contributed by atoms with Crippen molar-refractivity contribution in [3.8, 4) is 0 Å². The molecule has 1 aliphatic carbocycles. The van der Waals surface area contributed by atoms with Gasteiger partial charge in [-0.2, -0.15) is 0 Å². The first kappa shape index (κ1) is 29.7. The maximum atomic E-state index is 11.5. The zero-order chi connectivity index (χ0) is 28.7. The fourth-order valence-corrected chi connectivity index (χ4v) is 8.48. The Hall–Kier alpha value is -2.82. The summed E-state index contributed by atoms with van der Waals surface area (Å²) in [5.74, 6) is 3.28. The molecule has 4 aromatic carbocycles. The largest absolute Gasteiger partial charge is 0.282 e. The van der Waals surface area contributed by atoms with Gasteiger partial charge in [-0.05, 0) is 101 Å². The van der Waals surface area contributed by atoms with Gasteiger partial charge in [-0.25, -0.2) is 0 Å². The van der Waals surface area contributed by atoms with E-state index in [-0.39, 0.29) is 15.6 Å². The monoisotopic (exact) mass is 610 g/mol. The summed E-state index contributed by atoms with van der Waals surface area (Å²) in [4.78, 5) is 25.4. The molecule has 206 valence electrons. The Morgan fingerprint density at radius 2 is 1.34 bits per heavy atom. The lowest BCUT2D eigenvalue weighted by molar-refractivity contribution is -0.107. The molecule has 5 rings (SSSR count). The highest BCUT2D eigenvalue weighted by atomic mass is 32.2. The van der Waals surface area contributed by atoms with Gasteiger partial charge in [0.2, 0.25) is 10.2 Å². The number of aryl methyl sites for hydroxylation is 1. The highest BCUT2D eigenvalue weighted by molar-refractivity contribution is 8.15. The van der Waals surface area contributed by atoms with E-state index < -0.39 is 0 Å². The van der Waals surface area contributed by atoms with Gasteiger partial charge in [-0.1, -0.05) is 73.1 Å². The van der Waals surface area contributed by atoms with E-state index in [1.54, 1.807) is 23.5 Å². The van der Waals surface area contributed by atoms with Crippen LogP contribution in [0.2, 0.25) is 0 Å². The molecule has 0 atom stereocenters. The van der Waals surface area contributed by atoms with Crippen LogP contribution in [0.15, 0.2) is 108 Å². The third-order valence-electron chi connectivity index (χ3n) is 7.28. The van der Waals surface area contributed by atoms with Crippen LogP contribution in [0.4, 0.5) is 0 Å². The van der Waals surface area contributed by atoms with Gasteiger partial charge < -0.3 is 0 Å². The van der Waals surface area contributed by atoms with Crippen LogP contribution in [0.1, 0.15) is 28.7 Å². The Balaban J connectivity index is 1.43. The molecule has 0 saturated carbocycles. The van der Waals surface area contributed by atoms with Crippen molar-refractivity contribution in [1.29, 1.82) is 0 Å². The lowest BCUT2D eigenvalue weighted by Crippen LogP contribution is -2.26. The molecule has 0 N–H and O–H groups in total. The molecule has 0 unspecified atom stereocenters. The average Bonchev–Trinajstić information content (AvgIpc) is 3.39. The van der Waals surface area contributed by atoms with E-state index in [0.29, 0.717) is 0 Å². The van der Waals surface area contributed by atoms with Crippen molar-refractivity contribution < 1.29 is 9.59 Å². The summed E-state index contributed by atoms with van der Waals surface area (Å²) in [6.07, 6.45) is 4.75. The molecule has 0 fully saturated rings. The first-order chi connectivity index (χ1) is 20.0. The van der Waals surface area contributed by atoms with E-state index >= 15 is 0 Å². The molecular formula is C35H30O2S4. The second kappa shape index (κ2) is 13.9. The van der Waals surface area contributed by atoms with E-state index in [1.165, 1.54) is 73.1 Å². The van der Waals surface area contributed by atoms with Gasteiger partial charge in [0, 0.05) is 43.6 Å². The molecule has 0 heterocycles. The van der Waals surface area contributed by atoms with Gasteiger partial charge in [-0.3, -0.25) is 9.59 Å². The summed E-state index contributed by atoms with van der Waals surface area (Å²) < 4.78 is 0. The molecule has 0 amide bonds. The van der Waals surface area contributed by atoms with Gasteiger partial charge >= 0.3 is 0 Å². The van der Waals surface area contributed by atoms with Gasteiger partial charge in [0.15, 0.2) is 0 Å². The minimum atomic E-state index is -0.242. The number of rotatable bonds is 12. The zero-order valence-electron chi connectivity index (χ0n) is 22.7. The van der Waals surface area contributed by atoms with E-state index in [1.807, 2.05) is 6.07 Å². The first-order valence-electron chi connectivity index (χ1n) is 13.4. The summed E-state index contributed by atoms with van der Waals surface area (Å²) in [7, 11) is 0. The van der Waals surface area contributed by atoms with Gasteiger partial charge in [0.1, 0.15) is 0 Å². The third-order valence-corrected chi connectivity index (χ3v) is 11.5. The Morgan fingerprint density at radius 3 is 1.88 bits per heavy atom. The van der Waals surface area contributed by atoms with Crippen LogP contribution in [0.25, 0.3) is 10.8 Å². The summed E-state index contributed by atoms with van der Waals surface area (Å²) >= 11 is 6.18. The fraction of sp³-hybridized carbons (Fsp3) is 0.200. The van der Waals surface area contributed by atoms with E-state index in [4.69, 9.17) is 0 Å². The number of carbonyl (C=O) groups is 2. The van der Waals surface area contributed by atoms with Crippen molar-refractivity contribution in [1.82, 2.24) is 0 Å². The molecule has 0 aliphatic heterocycles. The summed E-state index contributed by atoms with van der Waals surface area (Å²) in [5.41, 5.74) is 5.08. The predicted molar refractivity (Wildman–Crippen MR) is 179 cm³/mol. The standard InChI is InChI=1S/C35H30O2S4/c1-3-33(36)40-21-19-38-30-13-9-28(10-14-30)35(18-17-27-23-25-7-5-6-8-26(25)24-32(27)35)29-11-15-31(16-12-29)39-20-22-41-34(37)4-2/h3-4,6,8-16,23-24H,1-2,17-22H2. The van der Waals surface area contributed by atoms with Crippen LogP contribution in [-0.4, -0.2) is 33.2 Å². The van der Waals surface area contributed by atoms with Crippen molar-refractivity contribution in [2.75, 3.05) is 23.0 Å². The lowest BCUT2D eigenvalue weighted by Gasteiger charge is -2.33. The number of carbonyl (C=O) groups excluding carboxylic acids is 2. The summed E-state index contributed by atoms with van der Waals surface area (Å²) in [6, 6.07) is 33.1. The fourth-order valence-electron chi connectivity index (χ4n) is 5.38. The lowest BCUT2D eigenvalue weighted by atomic mass is 9.70. The van der Waals surface area contributed by atoms with Crippen LogP contribution in [-0.2, 0) is 21.4 Å². The second-order valence-electron chi connectivity index (χ2n) is 9.59. The molecule has 0 radical (unpaired) electrons. The molecule has 2 nitrogen and oxygen atoms in total. The maximum Gasteiger partial charge on any atom is 0.211 e. The predicted octanol–water partition coefficient (Wildman–Crippen LogP) is 8.80. The Morgan fingerprint density at radius 1 is 0.780 bits per heavy atom. The maximum absolute atomic E-state index is 11.5. The molecule has 0 bridgehead atoms. The molecule has 0 aromatic heterocycles. The quantitative estimate of drug-likeness (QED) is 0.0906. The number of benzene rings is 3.